The SMILES string of the molecule is Cc1ncc(Cc2ccc3c(c2)NC(=O)c2ccccc2S3)s1.NC=O.O=Cc1ccccc1. The molecule has 0 atom stereocenters. The Morgan fingerprint density at radius 3 is 2.32 bits per heavy atom. The number of anilines is 1. The van der Waals surface area contributed by atoms with Crippen LogP contribution in [0.15, 0.2) is 88.8 Å². The molecule has 0 fully saturated rings. The summed E-state index contributed by atoms with van der Waals surface area (Å²) in [5.41, 5.74) is 7.69. The van der Waals surface area contributed by atoms with Crippen LogP contribution in [-0.2, 0) is 11.2 Å². The Bertz CT molecular complexity index is 1270. The van der Waals surface area contributed by atoms with Crippen molar-refractivity contribution >= 4 is 47.4 Å². The highest BCUT2D eigenvalue weighted by molar-refractivity contribution is 7.99. The molecule has 2 amide bonds. The zero-order chi connectivity index (χ0) is 24.3. The summed E-state index contributed by atoms with van der Waals surface area (Å²) in [6.45, 7) is 2.01. The van der Waals surface area contributed by atoms with Gasteiger partial charge in [0, 0.05) is 32.8 Å². The van der Waals surface area contributed by atoms with Crippen molar-refractivity contribution in [3.05, 3.63) is 106 Å². The van der Waals surface area contributed by atoms with E-state index in [1.807, 2.05) is 55.6 Å². The highest BCUT2D eigenvalue weighted by atomic mass is 32.2. The maximum Gasteiger partial charge on any atom is 0.256 e. The van der Waals surface area contributed by atoms with Gasteiger partial charge >= 0.3 is 0 Å². The van der Waals surface area contributed by atoms with Crippen molar-refractivity contribution in [2.24, 2.45) is 5.73 Å². The maximum atomic E-state index is 12.4. The van der Waals surface area contributed by atoms with E-state index in [4.69, 9.17) is 4.79 Å². The van der Waals surface area contributed by atoms with Crippen molar-refractivity contribution in [3.63, 3.8) is 0 Å². The fraction of sp³-hybridized carbons (Fsp3) is 0.0769. The van der Waals surface area contributed by atoms with Crippen molar-refractivity contribution in [1.29, 1.82) is 0 Å². The lowest BCUT2D eigenvalue weighted by atomic mass is 10.1. The van der Waals surface area contributed by atoms with E-state index in [9.17, 15) is 9.59 Å². The molecule has 3 N–H and O–H groups in total. The second-order valence-electron chi connectivity index (χ2n) is 7.07. The van der Waals surface area contributed by atoms with E-state index in [-0.39, 0.29) is 12.3 Å². The number of nitrogens with one attached hydrogen (secondary N) is 1. The number of rotatable bonds is 3. The Balaban J connectivity index is 0.000000246. The smallest absolute Gasteiger partial charge is 0.256 e. The summed E-state index contributed by atoms with van der Waals surface area (Å²) in [5.74, 6) is -0.0439. The lowest BCUT2D eigenvalue weighted by Crippen LogP contribution is -2.11. The summed E-state index contributed by atoms with van der Waals surface area (Å²) < 4.78 is 0. The van der Waals surface area contributed by atoms with Gasteiger partial charge in [-0.05, 0) is 36.8 Å². The van der Waals surface area contributed by atoms with E-state index in [0.29, 0.717) is 0 Å². The summed E-state index contributed by atoms with van der Waals surface area (Å²) in [5, 5.41) is 4.12. The monoisotopic (exact) mass is 489 g/mol. The van der Waals surface area contributed by atoms with Gasteiger partial charge in [0.15, 0.2) is 0 Å². The molecule has 0 saturated heterocycles. The fourth-order valence-electron chi connectivity index (χ4n) is 3.14. The quantitative estimate of drug-likeness (QED) is 0.377. The summed E-state index contributed by atoms with van der Waals surface area (Å²) in [7, 11) is 0. The molecule has 0 aliphatic carbocycles. The van der Waals surface area contributed by atoms with Gasteiger partial charge in [-0.25, -0.2) is 4.98 Å². The number of carbonyl (C=O) groups is 3. The summed E-state index contributed by atoms with van der Waals surface area (Å²) >= 11 is 3.34. The lowest BCUT2D eigenvalue weighted by molar-refractivity contribution is -0.106. The Morgan fingerprint density at radius 1 is 0.971 bits per heavy atom. The third kappa shape index (κ3) is 6.87. The number of benzene rings is 3. The highest BCUT2D eigenvalue weighted by Crippen LogP contribution is 2.39. The molecule has 3 aromatic carbocycles. The van der Waals surface area contributed by atoms with Crippen LogP contribution in [-0.4, -0.2) is 23.6 Å². The number of primary amides is 1. The summed E-state index contributed by atoms with van der Waals surface area (Å²) in [6.07, 6.45) is 3.85. The van der Waals surface area contributed by atoms with E-state index in [2.05, 4.69) is 34.2 Å². The molecule has 0 spiro atoms. The third-order valence-electron chi connectivity index (χ3n) is 4.63. The number of carbonyl (C=O) groups excluding carboxylic acids is 3. The minimum absolute atomic E-state index is 0.0439. The number of aryl methyl sites for hydroxylation is 1. The first-order valence-electron chi connectivity index (χ1n) is 10.3. The van der Waals surface area contributed by atoms with Crippen LogP contribution in [0.1, 0.15) is 36.2 Å². The number of amides is 2. The van der Waals surface area contributed by atoms with Gasteiger partial charge in [-0.1, -0.05) is 60.3 Å². The zero-order valence-corrected chi connectivity index (χ0v) is 20.1. The van der Waals surface area contributed by atoms with Gasteiger partial charge in [0.2, 0.25) is 6.41 Å². The molecule has 0 radical (unpaired) electrons. The van der Waals surface area contributed by atoms with E-state index in [1.165, 1.54) is 10.4 Å². The number of nitrogens with two attached hydrogens (primary N) is 1. The van der Waals surface area contributed by atoms with Gasteiger partial charge in [0.05, 0.1) is 16.3 Å². The van der Waals surface area contributed by atoms with E-state index < -0.39 is 0 Å². The van der Waals surface area contributed by atoms with Gasteiger partial charge in [-0.3, -0.25) is 14.4 Å². The molecule has 172 valence electrons. The Hall–Kier alpha value is -3.75. The van der Waals surface area contributed by atoms with Gasteiger partial charge in [0.1, 0.15) is 6.29 Å². The number of aromatic nitrogens is 1. The molecule has 4 aromatic rings. The molecule has 0 saturated carbocycles. The minimum atomic E-state index is -0.0439. The van der Waals surface area contributed by atoms with Crippen molar-refractivity contribution in [2.75, 3.05) is 5.32 Å². The van der Waals surface area contributed by atoms with Crippen LogP contribution < -0.4 is 11.1 Å². The first kappa shape index (κ1) is 24.9. The van der Waals surface area contributed by atoms with E-state index in [1.54, 1.807) is 35.2 Å². The van der Waals surface area contributed by atoms with Crippen molar-refractivity contribution in [2.45, 2.75) is 23.1 Å². The highest BCUT2D eigenvalue weighted by Gasteiger charge is 2.19. The largest absolute Gasteiger partial charge is 0.372 e. The predicted octanol–water partition coefficient (Wildman–Crippen LogP) is 5.36. The van der Waals surface area contributed by atoms with Gasteiger partial charge in [-0.2, -0.15) is 0 Å². The number of aldehydes is 1. The van der Waals surface area contributed by atoms with Crippen molar-refractivity contribution in [3.8, 4) is 0 Å². The van der Waals surface area contributed by atoms with Crippen LogP contribution in [0, 0.1) is 6.92 Å². The second-order valence-corrected chi connectivity index (χ2v) is 9.47. The van der Waals surface area contributed by atoms with Gasteiger partial charge < -0.3 is 11.1 Å². The fourth-order valence-corrected chi connectivity index (χ4v) is 4.98. The van der Waals surface area contributed by atoms with E-state index in [0.717, 1.165) is 44.3 Å². The van der Waals surface area contributed by atoms with Crippen molar-refractivity contribution in [1.82, 2.24) is 4.98 Å². The number of nitrogens with zero attached hydrogens (tertiary/aromatic N) is 1. The molecule has 34 heavy (non-hydrogen) atoms. The number of thiazole rings is 1. The van der Waals surface area contributed by atoms with Gasteiger partial charge in [0.25, 0.3) is 5.91 Å². The Labute approximate surface area is 206 Å². The molecule has 6 nitrogen and oxygen atoms in total. The molecule has 1 aliphatic rings. The molecule has 0 bridgehead atoms. The first-order valence-corrected chi connectivity index (χ1v) is 12.0. The lowest BCUT2D eigenvalue weighted by Gasteiger charge is -2.08. The summed E-state index contributed by atoms with van der Waals surface area (Å²) in [4.78, 5) is 38.6. The topological polar surface area (TPSA) is 102 Å². The number of fused-ring (bicyclic) bond motifs is 2. The number of hydrogen-bond acceptors (Lipinski definition) is 6. The van der Waals surface area contributed by atoms with E-state index >= 15 is 0 Å². The summed E-state index contributed by atoms with van der Waals surface area (Å²) in [6, 6.07) is 23.1. The molecular formula is C26H23N3O3S2. The van der Waals surface area contributed by atoms with Gasteiger partial charge in [-0.15, -0.1) is 11.3 Å². The molecule has 2 heterocycles. The molecule has 1 aromatic heterocycles. The van der Waals surface area contributed by atoms with Crippen LogP contribution in [0.4, 0.5) is 5.69 Å². The minimum Gasteiger partial charge on any atom is -0.372 e. The van der Waals surface area contributed by atoms with Crippen LogP contribution in [0.2, 0.25) is 0 Å². The van der Waals surface area contributed by atoms with Crippen LogP contribution in [0.5, 0.6) is 0 Å². The Kier molecular flexibility index (Phi) is 9.13. The predicted molar refractivity (Wildman–Crippen MR) is 137 cm³/mol. The third-order valence-corrected chi connectivity index (χ3v) is 6.69. The normalized spacial score (nSPS) is 11.1. The molecular weight excluding hydrogens is 466 g/mol. The van der Waals surface area contributed by atoms with Crippen LogP contribution in [0.3, 0.4) is 0 Å². The molecule has 5 rings (SSSR count). The maximum absolute atomic E-state index is 12.4. The van der Waals surface area contributed by atoms with Crippen molar-refractivity contribution < 1.29 is 14.4 Å². The molecule has 8 heteroatoms. The average Bonchev–Trinajstić information content (AvgIpc) is 3.20. The zero-order valence-electron chi connectivity index (χ0n) is 18.4. The molecule has 1 aliphatic heterocycles. The average molecular weight is 490 g/mol. The Morgan fingerprint density at radius 2 is 1.68 bits per heavy atom. The molecule has 0 unspecified atom stereocenters. The van der Waals surface area contributed by atoms with Crippen LogP contribution in [0.25, 0.3) is 0 Å². The van der Waals surface area contributed by atoms with Crippen LogP contribution >= 0.6 is 23.1 Å². The standard InChI is InChI=1S/C18H14N2OS2.C7H6O.CH3NO/c1-11-19-10-13(22-11)8-12-6-7-17-15(9-12)20-18(21)14-4-2-3-5-16(14)23-17;8-6-7-4-2-1-3-5-7;2-1-3/h2-7,9-10H,8H2,1H3,(H,20,21);1-6H;1H,(H2,2,3). The second kappa shape index (κ2) is 12.5. The first-order chi connectivity index (χ1) is 16.5. The number of hydrogen-bond donors (Lipinski definition) is 2.